The Morgan fingerprint density at radius 3 is 3.00 bits per heavy atom. The number of fused-ring (bicyclic) bond motifs is 3. The summed E-state index contributed by atoms with van der Waals surface area (Å²) in [5.74, 6) is 0.341. The van der Waals surface area contributed by atoms with Gasteiger partial charge in [0.05, 0.1) is 13.0 Å². The number of rotatable bonds is 1. The summed E-state index contributed by atoms with van der Waals surface area (Å²) < 4.78 is 4.78. The topological polar surface area (TPSA) is 29.5 Å². The predicted octanol–water partition coefficient (Wildman–Crippen LogP) is 0.667. The highest BCUT2D eigenvalue weighted by molar-refractivity contribution is 5.74. The molecule has 3 heterocycles. The molecule has 13 heavy (non-hydrogen) atoms. The average molecular weight is 181 g/mol. The molecule has 3 nitrogen and oxygen atoms in total. The Hall–Kier alpha value is -0.830. The molecule has 3 saturated heterocycles. The van der Waals surface area contributed by atoms with E-state index in [9.17, 15) is 4.79 Å². The Morgan fingerprint density at radius 2 is 2.46 bits per heavy atom. The maximum atomic E-state index is 11.4. The SMILES string of the molecule is C=C1CN2CCC1C(C(=O)OC)C2. The Labute approximate surface area is 78.4 Å². The molecule has 0 amide bonds. The molecule has 0 aromatic heterocycles. The Bertz CT molecular complexity index is 249. The van der Waals surface area contributed by atoms with Crippen LogP contribution in [-0.4, -0.2) is 37.6 Å². The molecule has 3 atom stereocenters. The summed E-state index contributed by atoms with van der Waals surface area (Å²) in [4.78, 5) is 13.7. The minimum Gasteiger partial charge on any atom is -0.469 e. The van der Waals surface area contributed by atoms with E-state index in [1.807, 2.05) is 0 Å². The van der Waals surface area contributed by atoms with Crippen molar-refractivity contribution in [3.63, 3.8) is 0 Å². The summed E-state index contributed by atoms with van der Waals surface area (Å²) in [5.41, 5.74) is 1.20. The van der Waals surface area contributed by atoms with Gasteiger partial charge in [0.25, 0.3) is 0 Å². The zero-order valence-electron chi connectivity index (χ0n) is 7.95. The number of carbonyl (C=O) groups excluding carboxylic acids is 1. The first-order valence-corrected chi connectivity index (χ1v) is 4.70. The van der Waals surface area contributed by atoms with Gasteiger partial charge in [0.2, 0.25) is 0 Å². The monoisotopic (exact) mass is 181 g/mol. The van der Waals surface area contributed by atoms with Gasteiger partial charge in [0.1, 0.15) is 0 Å². The van der Waals surface area contributed by atoms with Crippen LogP contribution in [0.25, 0.3) is 0 Å². The number of hydrogen-bond acceptors (Lipinski definition) is 3. The maximum absolute atomic E-state index is 11.4. The second kappa shape index (κ2) is 3.14. The average Bonchev–Trinajstić information content (AvgIpc) is 2.17. The summed E-state index contributed by atoms with van der Waals surface area (Å²) in [5, 5.41) is 0. The van der Waals surface area contributed by atoms with E-state index in [4.69, 9.17) is 4.74 Å². The molecule has 0 aromatic carbocycles. The van der Waals surface area contributed by atoms with Crippen molar-refractivity contribution in [1.82, 2.24) is 4.90 Å². The maximum Gasteiger partial charge on any atom is 0.310 e. The minimum atomic E-state index is -0.0736. The van der Waals surface area contributed by atoms with Crippen LogP contribution in [0.1, 0.15) is 6.42 Å². The Balaban J connectivity index is 2.14. The number of carbonyl (C=O) groups is 1. The second-order valence-electron chi connectivity index (χ2n) is 3.92. The summed E-state index contributed by atoms with van der Waals surface area (Å²) >= 11 is 0. The van der Waals surface area contributed by atoms with Gasteiger partial charge in [-0.2, -0.15) is 0 Å². The second-order valence-corrected chi connectivity index (χ2v) is 3.92. The molecule has 0 radical (unpaired) electrons. The van der Waals surface area contributed by atoms with Gasteiger partial charge in [0, 0.05) is 13.1 Å². The molecular weight excluding hydrogens is 166 g/mol. The lowest BCUT2D eigenvalue weighted by atomic mass is 9.76. The van der Waals surface area contributed by atoms with Gasteiger partial charge >= 0.3 is 5.97 Å². The van der Waals surface area contributed by atoms with Gasteiger partial charge < -0.3 is 4.74 Å². The van der Waals surface area contributed by atoms with Crippen molar-refractivity contribution in [1.29, 1.82) is 0 Å². The number of methoxy groups -OCH3 is 1. The molecule has 3 fully saturated rings. The van der Waals surface area contributed by atoms with Crippen molar-refractivity contribution < 1.29 is 9.53 Å². The van der Waals surface area contributed by atoms with Gasteiger partial charge in [-0.3, -0.25) is 9.69 Å². The molecule has 3 aliphatic rings. The molecular formula is C10H15NO2. The van der Waals surface area contributed by atoms with E-state index in [0.29, 0.717) is 5.92 Å². The molecule has 0 N–H and O–H groups in total. The third-order valence-electron chi connectivity index (χ3n) is 3.15. The Morgan fingerprint density at radius 1 is 1.69 bits per heavy atom. The van der Waals surface area contributed by atoms with E-state index in [-0.39, 0.29) is 11.9 Å². The third-order valence-corrected chi connectivity index (χ3v) is 3.15. The van der Waals surface area contributed by atoms with Crippen LogP contribution in [0.15, 0.2) is 12.2 Å². The van der Waals surface area contributed by atoms with Crippen LogP contribution in [0.3, 0.4) is 0 Å². The van der Waals surface area contributed by atoms with Gasteiger partial charge in [-0.05, 0) is 18.9 Å². The molecule has 0 saturated carbocycles. The van der Waals surface area contributed by atoms with E-state index in [1.165, 1.54) is 12.7 Å². The number of esters is 1. The first-order valence-electron chi connectivity index (χ1n) is 4.70. The van der Waals surface area contributed by atoms with E-state index >= 15 is 0 Å². The van der Waals surface area contributed by atoms with Gasteiger partial charge in [0.15, 0.2) is 0 Å². The highest BCUT2D eigenvalue weighted by atomic mass is 16.5. The van der Waals surface area contributed by atoms with E-state index in [2.05, 4.69) is 11.5 Å². The van der Waals surface area contributed by atoms with Crippen LogP contribution >= 0.6 is 0 Å². The zero-order chi connectivity index (χ0) is 9.42. The summed E-state index contributed by atoms with van der Waals surface area (Å²) in [6.07, 6.45) is 1.07. The fourth-order valence-electron chi connectivity index (χ4n) is 2.45. The van der Waals surface area contributed by atoms with Gasteiger partial charge in [-0.1, -0.05) is 12.2 Å². The lowest BCUT2D eigenvalue weighted by molar-refractivity contribution is -0.150. The molecule has 3 heteroatoms. The van der Waals surface area contributed by atoms with E-state index in [1.54, 1.807) is 0 Å². The number of ether oxygens (including phenoxy) is 1. The number of hydrogen-bond donors (Lipinski definition) is 0. The Kier molecular flexibility index (Phi) is 2.12. The largest absolute Gasteiger partial charge is 0.469 e. The molecule has 72 valence electrons. The van der Waals surface area contributed by atoms with Crippen LogP contribution in [0, 0.1) is 11.8 Å². The summed E-state index contributed by atoms with van der Waals surface area (Å²) in [6.45, 7) is 6.95. The van der Waals surface area contributed by atoms with Crippen LogP contribution in [0.2, 0.25) is 0 Å². The molecule has 2 bridgehead atoms. The fourth-order valence-corrected chi connectivity index (χ4v) is 2.45. The predicted molar refractivity (Wildman–Crippen MR) is 49.2 cm³/mol. The van der Waals surface area contributed by atoms with Crippen molar-refractivity contribution in [2.75, 3.05) is 26.7 Å². The highest BCUT2D eigenvalue weighted by Gasteiger charge is 2.40. The quantitative estimate of drug-likeness (QED) is 0.440. The van der Waals surface area contributed by atoms with Crippen LogP contribution in [-0.2, 0) is 9.53 Å². The standard InChI is InChI=1S/C10H15NO2/c1-7-5-11-4-3-8(7)9(6-11)10(12)13-2/h8-9H,1,3-6H2,2H3. The summed E-state index contributed by atoms with van der Waals surface area (Å²) in [6, 6.07) is 0. The molecule has 3 unspecified atom stereocenters. The van der Waals surface area contributed by atoms with Crippen LogP contribution in [0.5, 0.6) is 0 Å². The first-order chi connectivity index (χ1) is 6.22. The van der Waals surface area contributed by atoms with E-state index in [0.717, 1.165) is 26.1 Å². The van der Waals surface area contributed by atoms with Crippen molar-refractivity contribution in [2.45, 2.75) is 6.42 Å². The lowest BCUT2D eigenvalue weighted by Crippen LogP contribution is -2.51. The first kappa shape index (κ1) is 8.75. The van der Waals surface area contributed by atoms with Gasteiger partial charge in [-0.25, -0.2) is 0 Å². The van der Waals surface area contributed by atoms with Crippen molar-refractivity contribution in [3.05, 3.63) is 12.2 Å². The highest BCUT2D eigenvalue weighted by Crippen LogP contribution is 2.35. The number of piperidine rings is 3. The van der Waals surface area contributed by atoms with Crippen LogP contribution < -0.4 is 0 Å². The number of nitrogens with zero attached hydrogens (tertiary/aromatic N) is 1. The molecule has 3 rings (SSSR count). The zero-order valence-corrected chi connectivity index (χ0v) is 7.95. The van der Waals surface area contributed by atoms with Crippen molar-refractivity contribution in [3.8, 4) is 0 Å². The molecule has 0 aromatic rings. The van der Waals surface area contributed by atoms with Crippen molar-refractivity contribution in [2.24, 2.45) is 11.8 Å². The minimum absolute atomic E-state index is 0.0417. The molecule has 0 spiro atoms. The normalized spacial score (nSPS) is 37.6. The van der Waals surface area contributed by atoms with Gasteiger partial charge in [-0.15, -0.1) is 0 Å². The smallest absolute Gasteiger partial charge is 0.310 e. The summed E-state index contributed by atoms with van der Waals surface area (Å²) in [7, 11) is 1.46. The van der Waals surface area contributed by atoms with Crippen LogP contribution in [0.4, 0.5) is 0 Å². The third kappa shape index (κ3) is 1.37. The molecule has 3 aliphatic heterocycles. The van der Waals surface area contributed by atoms with E-state index < -0.39 is 0 Å². The molecule has 0 aliphatic carbocycles. The van der Waals surface area contributed by atoms with Crippen molar-refractivity contribution >= 4 is 5.97 Å². The fraction of sp³-hybridized carbons (Fsp3) is 0.700. The lowest BCUT2D eigenvalue weighted by Gasteiger charge is -2.44.